The van der Waals surface area contributed by atoms with Crippen molar-refractivity contribution in [1.82, 2.24) is 0 Å². The maximum atomic E-state index is 2.71. The van der Waals surface area contributed by atoms with Gasteiger partial charge in [0, 0.05) is 15.4 Å². The number of unbranched alkanes of at least 4 members (excludes halogenated alkanes) is 1. The molecule has 1 heterocycles. The van der Waals surface area contributed by atoms with E-state index in [0.29, 0.717) is 0 Å². The summed E-state index contributed by atoms with van der Waals surface area (Å²) in [5.41, 5.74) is 16.7. The highest BCUT2D eigenvalue weighted by atomic mass is 31.2. The molecule has 4 rings (SSSR count). The van der Waals surface area contributed by atoms with Crippen molar-refractivity contribution in [3.8, 4) is 21.4 Å². The predicted molar refractivity (Wildman–Crippen MR) is 304 cm³/mol. The van der Waals surface area contributed by atoms with E-state index in [-0.39, 0.29) is 48.7 Å². The zero-order chi connectivity index (χ0) is 50.4. The molecule has 0 saturated heterocycles. The van der Waals surface area contributed by atoms with Gasteiger partial charge in [0.2, 0.25) is 0 Å². The van der Waals surface area contributed by atoms with Crippen LogP contribution in [0.4, 0.5) is 0 Å². The molecule has 0 aliphatic rings. The second-order valence-electron chi connectivity index (χ2n) is 29.2. The first-order chi connectivity index (χ1) is 28.8. The standard InChI is InChI=1S/C62H99P3/c1-30-31-32-65(51-46(61(23,24)25)37-41(56(8,9)10)38-47(51)62(26,27)28)53-50(48-42(57(11,12)13)33-39(54(2,3)4)34-43(48)58(14,15)16)63-52(64(53)29)49-44(59(17,18)19)35-40(55(5,6)7)36-45(49)60(20,21)22/h33-38H,30-32H2,1-29H3. The molecular formula is C62H99P3. The average Bonchev–Trinajstić information content (AvgIpc) is 3.42. The van der Waals surface area contributed by atoms with Crippen LogP contribution < -0.4 is 10.3 Å². The van der Waals surface area contributed by atoms with E-state index in [4.69, 9.17) is 0 Å². The first-order valence-electron chi connectivity index (χ1n) is 25.3. The SMILES string of the molecule is CCCCP(c1c(C(C)(C)C)cc(C(C)(C)C)cc1C(C)(C)C)c1c(-c2c(C(C)(C)C)cc(C(C)(C)C)cc2C(C)(C)C)pc(-c2c(C(C)(C)C)cc(C(C)(C)C)cc2C(C)(C)C)p1C. The highest BCUT2D eigenvalue weighted by Gasteiger charge is 2.40. The quantitative estimate of drug-likeness (QED) is 0.162. The van der Waals surface area contributed by atoms with Gasteiger partial charge in [-0.15, -0.1) is 7.53 Å². The Bertz CT molecular complexity index is 2240. The fraction of sp³-hybridized carbons (Fsp3) is 0.661. The van der Waals surface area contributed by atoms with E-state index in [0.717, 1.165) is 0 Å². The third kappa shape index (κ3) is 12.2. The number of hydrogen-bond acceptors (Lipinski definition) is 0. The number of rotatable bonds is 7. The van der Waals surface area contributed by atoms with Crippen molar-refractivity contribution < 1.29 is 0 Å². The predicted octanol–water partition coefficient (Wildman–Crippen LogP) is 20.0. The topological polar surface area (TPSA) is 0 Å². The van der Waals surface area contributed by atoms with Crippen molar-refractivity contribution in [2.24, 2.45) is 6.66 Å². The molecule has 2 unspecified atom stereocenters. The highest BCUT2D eigenvalue weighted by molar-refractivity contribution is 7.88. The Hall–Kier alpha value is -1.70. The molecule has 0 fully saturated rings. The summed E-state index contributed by atoms with van der Waals surface area (Å²) in [5.74, 6) is 0. The minimum absolute atomic E-state index is 0.0213. The first-order valence-corrected chi connectivity index (χ1v) is 29.5. The molecule has 0 amide bonds. The lowest BCUT2D eigenvalue weighted by Crippen LogP contribution is -2.34. The number of benzene rings is 3. The summed E-state index contributed by atoms with van der Waals surface area (Å²) in [5, 5.41) is 6.82. The monoisotopic (exact) mass is 937 g/mol. The van der Waals surface area contributed by atoms with Crippen LogP contribution in [0.2, 0.25) is 0 Å². The zero-order valence-electron chi connectivity index (χ0n) is 47.9. The minimum Gasteiger partial charge on any atom is -0.106 e. The molecule has 0 radical (unpaired) electrons. The fourth-order valence-corrected chi connectivity index (χ4v) is 19.5. The van der Waals surface area contributed by atoms with Gasteiger partial charge in [-0.2, -0.15) is 0 Å². The van der Waals surface area contributed by atoms with E-state index < -0.39 is 15.5 Å². The molecule has 0 N–H and O–H groups in total. The first kappa shape index (κ1) is 55.9. The van der Waals surface area contributed by atoms with Gasteiger partial charge in [0.05, 0.1) is 0 Å². The van der Waals surface area contributed by atoms with Crippen molar-refractivity contribution in [2.75, 3.05) is 6.16 Å². The van der Waals surface area contributed by atoms with Gasteiger partial charge in [-0.3, -0.25) is 0 Å². The maximum Gasteiger partial charge on any atom is 0.0299 e. The van der Waals surface area contributed by atoms with Gasteiger partial charge < -0.3 is 0 Å². The van der Waals surface area contributed by atoms with Crippen LogP contribution in [0.25, 0.3) is 21.4 Å². The molecule has 0 nitrogen and oxygen atoms in total. The Morgan fingerprint density at radius 2 is 0.677 bits per heavy atom. The summed E-state index contributed by atoms with van der Waals surface area (Å²) in [7, 11) is -0.0488. The molecular weight excluding hydrogens is 838 g/mol. The van der Waals surface area contributed by atoms with Crippen LogP contribution in [0.5, 0.6) is 0 Å². The zero-order valence-corrected chi connectivity index (χ0v) is 50.6. The summed E-state index contributed by atoms with van der Waals surface area (Å²) < 4.78 is 0. The van der Waals surface area contributed by atoms with Gasteiger partial charge in [-0.1, -0.05) is 245 Å². The Balaban J connectivity index is 2.57. The van der Waals surface area contributed by atoms with Crippen LogP contribution in [0, 0.1) is 0 Å². The highest BCUT2D eigenvalue weighted by Crippen LogP contribution is 2.63. The Morgan fingerprint density at radius 3 is 0.938 bits per heavy atom. The van der Waals surface area contributed by atoms with Crippen molar-refractivity contribution in [2.45, 2.75) is 255 Å². The lowest BCUT2D eigenvalue weighted by atomic mass is 9.72. The van der Waals surface area contributed by atoms with Crippen molar-refractivity contribution in [1.29, 1.82) is 0 Å². The smallest absolute Gasteiger partial charge is 0.0299 e. The molecule has 362 valence electrons. The van der Waals surface area contributed by atoms with Crippen LogP contribution >= 0.6 is 23.6 Å². The lowest BCUT2D eigenvalue weighted by molar-refractivity contribution is 0.550. The van der Waals surface area contributed by atoms with Gasteiger partial charge in [0.1, 0.15) is 0 Å². The van der Waals surface area contributed by atoms with Crippen LogP contribution in [-0.4, -0.2) is 6.16 Å². The molecule has 0 bridgehead atoms. The molecule has 4 aromatic rings. The number of hydrogen-bond donors (Lipinski definition) is 0. The van der Waals surface area contributed by atoms with Crippen molar-refractivity contribution >= 4 is 34.0 Å². The Kier molecular flexibility index (Phi) is 15.7. The molecule has 3 heteroatoms. The summed E-state index contributed by atoms with van der Waals surface area (Å²) >= 11 is 0. The van der Waals surface area contributed by atoms with Gasteiger partial charge >= 0.3 is 0 Å². The molecule has 0 aliphatic carbocycles. The van der Waals surface area contributed by atoms with Gasteiger partial charge in [-0.05, 0) is 142 Å². The summed E-state index contributed by atoms with van der Waals surface area (Å²) in [4.78, 5) is 0. The van der Waals surface area contributed by atoms with Crippen LogP contribution in [0.3, 0.4) is 0 Å². The Labute approximate surface area is 408 Å². The van der Waals surface area contributed by atoms with E-state index in [1.165, 1.54) is 66.1 Å². The van der Waals surface area contributed by atoms with Gasteiger partial charge in [-0.25, -0.2) is 0 Å². The summed E-state index contributed by atoms with van der Waals surface area (Å²) in [6, 6.07) is 15.9. The van der Waals surface area contributed by atoms with E-state index in [1.807, 2.05) is 0 Å². The largest absolute Gasteiger partial charge is 0.106 e. The second kappa shape index (κ2) is 18.2. The average molecular weight is 937 g/mol. The van der Waals surface area contributed by atoms with E-state index in [1.54, 1.807) is 42.9 Å². The molecule has 0 aliphatic heterocycles. The minimum atomic E-state index is -0.747. The molecule has 0 saturated carbocycles. The second-order valence-corrected chi connectivity index (χ2v) is 35.3. The van der Waals surface area contributed by atoms with E-state index in [9.17, 15) is 0 Å². The molecule has 2 atom stereocenters. The van der Waals surface area contributed by atoms with Crippen molar-refractivity contribution in [3.63, 3.8) is 0 Å². The maximum absolute atomic E-state index is 2.71. The third-order valence-electron chi connectivity index (χ3n) is 13.6. The van der Waals surface area contributed by atoms with Gasteiger partial charge in [0.15, 0.2) is 0 Å². The van der Waals surface area contributed by atoms with Crippen LogP contribution in [-0.2, 0) is 55.4 Å². The van der Waals surface area contributed by atoms with E-state index in [2.05, 4.69) is 237 Å². The lowest BCUT2D eigenvalue weighted by Gasteiger charge is -2.38. The molecule has 3 aromatic carbocycles. The molecule has 0 spiro atoms. The van der Waals surface area contributed by atoms with Gasteiger partial charge in [0.25, 0.3) is 0 Å². The Morgan fingerprint density at radius 1 is 0.400 bits per heavy atom. The fourth-order valence-electron chi connectivity index (χ4n) is 9.34. The third-order valence-corrected chi connectivity index (χ3v) is 22.1. The van der Waals surface area contributed by atoms with E-state index >= 15 is 0 Å². The molecule has 1 aromatic heterocycles. The van der Waals surface area contributed by atoms with Crippen LogP contribution in [0.1, 0.15) is 257 Å². The summed E-state index contributed by atoms with van der Waals surface area (Å²) in [6.07, 6.45) is 3.65. The normalized spacial score (nSPS) is 15.1. The van der Waals surface area contributed by atoms with Crippen LogP contribution in [0.15, 0.2) is 36.4 Å². The van der Waals surface area contributed by atoms with Crippen molar-refractivity contribution in [3.05, 3.63) is 86.5 Å². The molecule has 65 heavy (non-hydrogen) atoms. The summed E-state index contributed by atoms with van der Waals surface area (Å²) in [6.45, 7) is 71.5.